The molecule has 21 heavy (non-hydrogen) atoms. The van der Waals surface area contributed by atoms with Gasteiger partial charge in [0.1, 0.15) is 5.60 Å². The van der Waals surface area contributed by atoms with Gasteiger partial charge in [0.2, 0.25) is 0 Å². The number of carbonyl (C=O) groups excluding carboxylic acids is 1. The van der Waals surface area contributed by atoms with Gasteiger partial charge in [0.15, 0.2) is 0 Å². The number of esters is 1. The van der Waals surface area contributed by atoms with Crippen LogP contribution in [0.5, 0.6) is 0 Å². The molecule has 0 atom stereocenters. The zero-order valence-corrected chi connectivity index (χ0v) is 11.0. The summed E-state index contributed by atoms with van der Waals surface area (Å²) in [6, 6.07) is 0. The summed E-state index contributed by atoms with van der Waals surface area (Å²) in [6.07, 6.45) is -8.57. The van der Waals surface area contributed by atoms with E-state index in [0.717, 1.165) is 7.11 Å². The lowest BCUT2D eigenvalue weighted by Gasteiger charge is -2.45. The Balaban J connectivity index is 2.97. The van der Waals surface area contributed by atoms with Crippen LogP contribution in [-0.2, 0) is 9.53 Å². The van der Waals surface area contributed by atoms with E-state index < -0.39 is 48.2 Å². The second-order valence-corrected chi connectivity index (χ2v) is 5.07. The van der Waals surface area contributed by atoms with E-state index in [1.54, 1.807) is 0 Å². The maximum Gasteiger partial charge on any atom is 0.449 e. The largest absolute Gasteiger partial charge is 0.469 e. The van der Waals surface area contributed by atoms with Crippen molar-refractivity contribution in [3.63, 3.8) is 0 Å². The van der Waals surface area contributed by atoms with Crippen molar-refractivity contribution in [2.24, 2.45) is 5.92 Å². The van der Waals surface area contributed by atoms with Gasteiger partial charge < -0.3 is 20.1 Å². The van der Waals surface area contributed by atoms with Gasteiger partial charge >= 0.3 is 23.9 Å². The van der Waals surface area contributed by atoms with Crippen LogP contribution in [0.4, 0.5) is 22.0 Å². The predicted octanol–water partition coefficient (Wildman–Crippen LogP) is 0.959. The fraction of sp³-hybridized carbons (Fsp3) is 0.909. The summed E-state index contributed by atoms with van der Waals surface area (Å²) >= 11 is 0. The molecule has 0 aromatic carbocycles. The van der Waals surface area contributed by atoms with Crippen molar-refractivity contribution >= 4 is 5.97 Å². The molecule has 5 nitrogen and oxygen atoms in total. The van der Waals surface area contributed by atoms with Crippen LogP contribution in [0.2, 0.25) is 0 Å². The lowest BCUT2D eigenvalue weighted by Crippen LogP contribution is -2.69. The third-order valence-electron chi connectivity index (χ3n) is 3.76. The Morgan fingerprint density at radius 1 is 1.14 bits per heavy atom. The summed E-state index contributed by atoms with van der Waals surface area (Å²) in [5.74, 6) is -12.2. The average molecular weight is 322 g/mol. The fourth-order valence-corrected chi connectivity index (χ4v) is 2.31. The molecule has 0 aromatic rings. The molecule has 1 saturated carbocycles. The molecule has 3 N–H and O–H groups in total. The first-order chi connectivity index (χ1) is 9.30. The number of methoxy groups -OCH3 is 1. The highest BCUT2D eigenvalue weighted by Crippen LogP contribution is 2.51. The molecule has 0 amide bonds. The number of rotatable bonds is 3. The minimum Gasteiger partial charge on any atom is -0.469 e. The third kappa shape index (κ3) is 2.84. The summed E-state index contributed by atoms with van der Waals surface area (Å²) in [6.45, 7) is 0. The van der Waals surface area contributed by atoms with Gasteiger partial charge in [0, 0.05) is 0 Å². The van der Waals surface area contributed by atoms with Crippen LogP contribution in [-0.4, -0.2) is 51.9 Å². The van der Waals surface area contributed by atoms with Crippen molar-refractivity contribution in [1.82, 2.24) is 0 Å². The van der Waals surface area contributed by atoms with Gasteiger partial charge in [-0.3, -0.25) is 4.79 Å². The molecule has 0 unspecified atom stereocenters. The molecule has 1 aliphatic carbocycles. The summed E-state index contributed by atoms with van der Waals surface area (Å²) in [4.78, 5) is 11.2. The van der Waals surface area contributed by atoms with Crippen molar-refractivity contribution in [1.29, 1.82) is 0 Å². The monoisotopic (exact) mass is 322 g/mol. The Morgan fingerprint density at radius 3 is 1.90 bits per heavy atom. The van der Waals surface area contributed by atoms with Crippen LogP contribution in [0.1, 0.15) is 25.7 Å². The fourth-order valence-electron chi connectivity index (χ4n) is 2.31. The van der Waals surface area contributed by atoms with Crippen LogP contribution in [0, 0.1) is 5.92 Å². The number of carbonyl (C=O) groups is 1. The van der Waals surface area contributed by atoms with E-state index in [1.807, 2.05) is 0 Å². The molecule has 0 bridgehead atoms. The minimum absolute atomic E-state index is 0.354. The standard InChI is InChI=1S/C11H15F5O5/c1-21-7(17)6-2-4-8(18,5-3-6)9(12,13)10(19,20)11(14,15)16/h6,18-20H,2-5H2,1H3. The summed E-state index contributed by atoms with van der Waals surface area (Å²) in [5, 5.41) is 27.2. The third-order valence-corrected chi connectivity index (χ3v) is 3.76. The highest BCUT2D eigenvalue weighted by Gasteiger charge is 2.76. The smallest absolute Gasteiger partial charge is 0.449 e. The van der Waals surface area contributed by atoms with E-state index in [4.69, 9.17) is 10.2 Å². The number of aliphatic hydroxyl groups is 3. The number of hydrogen-bond donors (Lipinski definition) is 3. The van der Waals surface area contributed by atoms with E-state index in [9.17, 15) is 31.9 Å². The Labute approximate surface area is 116 Å². The average Bonchev–Trinajstić information content (AvgIpc) is 2.37. The Hall–Kier alpha value is -1.00. The van der Waals surface area contributed by atoms with Crippen molar-refractivity contribution in [2.45, 2.75) is 49.2 Å². The van der Waals surface area contributed by atoms with Gasteiger partial charge in [-0.15, -0.1) is 0 Å². The second-order valence-electron chi connectivity index (χ2n) is 5.07. The summed E-state index contributed by atoms with van der Waals surface area (Å²) < 4.78 is 69.0. The van der Waals surface area contributed by atoms with Gasteiger partial charge in [0.05, 0.1) is 13.0 Å². The molecule has 10 heteroatoms. The van der Waals surface area contributed by atoms with Crippen molar-refractivity contribution < 1.29 is 46.8 Å². The normalized spacial score (nSPS) is 28.3. The molecule has 1 aliphatic rings. The van der Waals surface area contributed by atoms with Gasteiger partial charge in [-0.05, 0) is 25.7 Å². The molecule has 1 rings (SSSR count). The van der Waals surface area contributed by atoms with Crippen LogP contribution in [0.15, 0.2) is 0 Å². The Morgan fingerprint density at radius 2 is 1.57 bits per heavy atom. The molecule has 1 fully saturated rings. The molecule has 0 spiro atoms. The number of ether oxygens (including phenoxy) is 1. The number of alkyl halides is 5. The zero-order chi connectivity index (χ0) is 16.7. The van der Waals surface area contributed by atoms with E-state index >= 15 is 0 Å². The highest BCUT2D eigenvalue weighted by molar-refractivity contribution is 5.72. The summed E-state index contributed by atoms with van der Waals surface area (Å²) in [7, 11) is 1.06. The first-order valence-electron chi connectivity index (χ1n) is 5.99. The van der Waals surface area contributed by atoms with Crippen LogP contribution in [0.25, 0.3) is 0 Å². The van der Waals surface area contributed by atoms with E-state index in [0.29, 0.717) is 0 Å². The predicted molar refractivity (Wildman–Crippen MR) is 57.1 cm³/mol. The molecule has 0 saturated heterocycles. The van der Waals surface area contributed by atoms with E-state index in [2.05, 4.69) is 4.74 Å². The molecular weight excluding hydrogens is 307 g/mol. The first-order valence-corrected chi connectivity index (χ1v) is 5.99. The first kappa shape index (κ1) is 18.1. The van der Waals surface area contributed by atoms with Crippen LogP contribution >= 0.6 is 0 Å². The molecule has 124 valence electrons. The van der Waals surface area contributed by atoms with E-state index in [-0.39, 0.29) is 12.8 Å². The van der Waals surface area contributed by atoms with Gasteiger partial charge in [-0.1, -0.05) is 0 Å². The quantitative estimate of drug-likeness (QED) is 0.409. The highest BCUT2D eigenvalue weighted by atomic mass is 19.4. The molecular formula is C11H15F5O5. The van der Waals surface area contributed by atoms with Crippen molar-refractivity contribution in [2.75, 3.05) is 7.11 Å². The van der Waals surface area contributed by atoms with Crippen molar-refractivity contribution in [3.05, 3.63) is 0 Å². The number of halogens is 5. The maximum atomic E-state index is 13.8. The Bertz CT molecular complexity index is 398. The van der Waals surface area contributed by atoms with E-state index in [1.165, 1.54) is 0 Å². The van der Waals surface area contributed by atoms with Gasteiger partial charge in [0.25, 0.3) is 0 Å². The van der Waals surface area contributed by atoms with Crippen molar-refractivity contribution in [3.8, 4) is 0 Å². The topological polar surface area (TPSA) is 87.0 Å². The van der Waals surface area contributed by atoms with Crippen LogP contribution in [0.3, 0.4) is 0 Å². The SMILES string of the molecule is COC(=O)C1CCC(O)(C(F)(F)C(O)(O)C(F)(F)F)CC1. The minimum atomic E-state index is -6.05. The molecule has 0 radical (unpaired) electrons. The van der Waals surface area contributed by atoms with Gasteiger partial charge in [-0.2, -0.15) is 22.0 Å². The summed E-state index contributed by atoms with van der Waals surface area (Å²) in [5.41, 5.74) is -3.28. The van der Waals surface area contributed by atoms with Crippen LogP contribution < -0.4 is 0 Å². The maximum absolute atomic E-state index is 13.8. The zero-order valence-electron chi connectivity index (χ0n) is 11.0. The molecule has 0 heterocycles. The lowest BCUT2D eigenvalue weighted by atomic mass is 9.73. The second kappa shape index (κ2) is 5.33. The molecule has 0 aromatic heterocycles. The molecule has 0 aliphatic heterocycles. The van der Waals surface area contributed by atoms with Gasteiger partial charge in [-0.25, -0.2) is 0 Å². The Kier molecular flexibility index (Phi) is 4.58. The lowest BCUT2D eigenvalue weighted by molar-refractivity contribution is -0.444. The number of hydrogen-bond acceptors (Lipinski definition) is 5.